The van der Waals surface area contributed by atoms with Gasteiger partial charge in [0.15, 0.2) is 0 Å². The monoisotopic (exact) mass is 477 g/mol. The molecule has 0 unspecified atom stereocenters. The van der Waals surface area contributed by atoms with Gasteiger partial charge in [-0.05, 0) is 22.0 Å². The zero-order valence-corrected chi connectivity index (χ0v) is 19.6. The summed E-state index contributed by atoms with van der Waals surface area (Å²) in [5.41, 5.74) is 2.03. The van der Waals surface area contributed by atoms with Crippen molar-refractivity contribution in [3.8, 4) is 5.75 Å². The largest absolute Gasteiger partial charge is 1.00 e. The van der Waals surface area contributed by atoms with Gasteiger partial charge in [0.25, 0.3) is 0 Å². The van der Waals surface area contributed by atoms with Gasteiger partial charge in [-0.15, -0.1) is 6.42 Å². The summed E-state index contributed by atoms with van der Waals surface area (Å²) in [5.74, 6) is 0.456. The Kier molecular flexibility index (Phi) is 14.2. The number of rotatable bonds is 0. The third-order valence-electron chi connectivity index (χ3n) is 3.24. The second-order valence-electron chi connectivity index (χ2n) is 7.20. The zero-order valence-electron chi connectivity index (χ0n) is 14.9. The average Bonchev–Trinajstić information content (AvgIpc) is 2.84. The number of phenols is 1. The summed E-state index contributed by atoms with van der Waals surface area (Å²) in [6.45, 7) is 12.7. The second-order valence-corrected chi connectivity index (χ2v) is 7.20. The number of phenolic OH excluding ortho intramolecular Hbond substituents is 1. The minimum atomic E-state index is -0.00859. The molecule has 4 heteroatoms. The molecule has 0 atom stereocenters. The summed E-state index contributed by atoms with van der Waals surface area (Å²) in [5, 5.41) is 10.3. The Morgan fingerprint density at radius 1 is 0.913 bits per heavy atom. The molecule has 0 amide bonds. The first-order chi connectivity index (χ1) is 9.14. The summed E-state index contributed by atoms with van der Waals surface area (Å²) in [6, 6.07) is 6.04. The fraction of sp³-hybridized carbons (Fsp3) is 0.474. The van der Waals surface area contributed by atoms with Crippen LogP contribution in [0.2, 0.25) is 0 Å². The van der Waals surface area contributed by atoms with Gasteiger partial charge >= 0.3 is 0 Å². The van der Waals surface area contributed by atoms with Crippen molar-refractivity contribution in [1.82, 2.24) is 0 Å². The molecule has 0 spiro atoms. The Morgan fingerprint density at radius 2 is 1.35 bits per heavy atom. The van der Waals surface area contributed by atoms with Crippen molar-refractivity contribution < 1.29 is 60.8 Å². The molecule has 0 aromatic heterocycles. The van der Waals surface area contributed by atoms with Gasteiger partial charge in [-0.2, -0.15) is 6.08 Å². The van der Waals surface area contributed by atoms with E-state index in [0.717, 1.165) is 17.5 Å². The van der Waals surface area contributed by atoms with Crippen LogP contribution < -0.4 is 34.0 Å². The SMILES string of the molecule is CC(C)(C)c1cccc(C(C)(C)C)c1O.[Br-].[Br-].[C-]1=CC=CC1.[Ti]. The van der Waals surface area contributed by atoms with E-state index < -0.39 is 0 Å². The molecule has 130 valence electrons. The van der Waals surface area contributed by atoms with Crippen LogP contribution in [0.25, 0.3) is 0 Å². The fourth-order valence-electron chi connectivity index (χ4n) is 2.09. The fourth-order valence-corrected chi connectivity index (χ4v) is 2.09. The first-order valence-electron chi connectivity index (χ1n) is 7.18. The second kappa shape index (κ2) is 11.7. The number of aromatic hydroxyl groups is 1. The Morgan fingerprint density at radius 3 is 1.57 bits per heavy atom. The molecular formula is C19H27Br2OTi-3. The number of halogens is 2. The Hall–Kier alpha value is 0.174. The van der Waals surface area contributed by atoms with E-state index >= 15 is 0 Å². The van der Waals surface area contributed by atoms with Gasteiger partial charge in [-0.25, -0.2) is 12.2 Å². The van der Waals surface area contributed by atoms with Gasteiger partial charge in [0.05, 0.1) is 0 Å². The minimum absolute atomic E-state index is 0. The molecule has 0 fully saturated rings. The summed E-state index contributed by atoms with van der Waals surface area (Å²) >= 11 is 0. The molecule has 1 aromatic rings. The number of para-hydroxylation sites is 1. The topological polar surface area (TPSA) is 20.2 Å². The van der Waals surface area contributed by atoms with Crippen LogP contribution in [-0.4, -0.2) is 5.11 Å². The average molecular weight is 479 g/mol. The Bertz CT molecular complexity index is 467. The standard InChI is InChI=1S/C14H22O.C5H5.2BrH.Ti/c1-13(2,3)10-8-7-9-11(12(10)15)14(4,5)6;1-2-4-5-3-1;;;/h7-9,15H,1-6H3;1-3H,4H2;2*1H;/q;-1;;;/p-2. The third-order valence-corrected chi connectivity index (χ3v) is 3.24. The molecule has 2 rings (SSSR count). The van der Waals surface area contributed by atoms with Gasteiger partial charge in [0.1, 0.15) is 5.75 Å². The first-order valence-corrected chi connectivity index (χ1v) is 7.18. The molecular weight excluding hydrogens is 452 g/mol. The summed E-state index contributed by atoms with van der Waals surface area (Å²) < 4.78 is 0. The van der Waals surface area contributed by atoms with Crippen molar-refractivity contribution in [2.45, 2.75) is 58.8 Å². The molecule has 0 saturated carbocycles. The quantitative estimate of drug-likeness (QED) is 0.386. The van der Waals surface area contributed by atoms with Gasteiger partial charge < -0.3 is 39.1 Å². The predicted octanol–water partition coefficient (Wildman–Crippen LogP) is -0.702. The van der Waals surface area contributed by atoms with Crippen molar-refractivity contribution in [2.75, 3.05) is 0 Å². The molecule has 1 aliphatic carbocycles. The van der Waals surface area contributed by atoms with Gasteiger partial charge in [0.2, 0.25) is 0 Å². The molecule has 23 heavy (non-hydrogen) atoms. The summed E-state index contributed by atoms with van der Waals surface area (Å²) in [6.07, 6.45) is 10.0. The maximum absolute atomic E-state index is 10.3. The molecule has 0 radical (unpaired) electrons. The van der Waals surface area contributed by atoms with Crippen LogP contribution in [0.5, 0.6) is 5.75 Å². The van der Waals surface area contributed by atoms with Crippen molar-refractivity contribution >= 4 is 0 Å². The minimum Gasteiger partial charge on any atom is -1.00 e. The van der Waals surface area contributed by atoms with E-state index in [-0.39, 0.29) is 66.5 Å². The predicted molar refractivity (Wildman–Crippen MR) is 87.1 cm³/mol. The van der Waals surface area contributed by atoms with Crippen molar-refractivity contribution in [3.05, 3.63) is 53.6 Å². The van der Waals surface area contributed by atoms with Gasteiger partial charge in [0, 0.05) is 21.7 Å². The third kappa shape index (κ3) is 9.29. The van der Waals surface area contributed by atoms with E-state index in [4.69, 9.17) is 0 Å². The van der Waals surface area contributed by atoms with E-state index in [1.165, 1.54) is 0 Å². The molecule has 0 bridgehead atoms. The summed E-state index contributed by atoms with van der Waals surface area (Å²) in [7, 11) is 0. The van der Waals surface area contributed by atoms with Crippen LogP contribution in [0, 0.1) is 6.08 Å². The number of benzene rings is 1. The molecule has 1 aliphatic rings. The van der Waals surface area contributed by atoms with Crippen molar-refractivity contribution in [2.24, 2.45) is 0 Å². The smallest absolute Gasteiger partial charge is 0.123 e. The Labute approximate surface area is 178 Å². The molecule has 1 aromatic carbocycles. The number of hydrogen-bond donors (Lipinski definition) is 1. The van der Waals surface area contributed by atoms with Crippen LogP contribution in [0.15, 0.2) is 36.4 Å². The van der Waals surface area contributed by atoms with E-state index in [0.29, 0.717) is 5.75 Å². The number of allylic oxidation sites excluding steroid dienone is 4. The van der Waals surface area contributed by atoms with E-state index in [1.807, 2.05) is 30.4 Å². The van der Waals surface area contributed by atoms with Crippen molar-refractivity contribution in [3.63, 3.8) is 0 Å². The molecule has 1 N–H and O–H groups in total. The normalized spacial score (nSPS) is 12.3. The summed E-state index contributed by atoms with van der Waals surface area (Å²) in [4.78, 5) is 0. The molecule has 1 nitrogen and oxygen atoms in total. The maximum Gasteiger partial charge on any atom is 0.123 e. The maximum atomic E-state index is 10.3. The van der Waals surface area contributed by atoms with Crippen LogP contribution in [-0.2, 0) is 32.5 Å². The van der Waals surface area contributed by atoms with Crippen molar-refractivity contribution in [1.29, 1.82) is 0 Å². The van der Waals surface area contributed by atoms with Crippen LogP contribution in [0.3, 0.4) is 0 Å². The zero-order chi connectivity index (χ0) is 15.4. The molecule has 0 heterocycles. The number of hydrogen-bond acceptors (Lipinski definition) is 1. The Balaban J connectivity index is -0.000000431. The van der Waals surface area contributed by atoms with Crippen LogP contribution >= 0.6 is 0 Å². The van der Waals surface area contributed by atoms with Gasteiger partial charge in [-0.1, -0.05) is 59.7 Å². The van der Waals surface area contributed by atoms with Crippen LogP contribution in [0.4, 0.5) is 0 Å². The first kappa shape index (κ1) is 28.0. The van der Waals surface area contributed by atoms with Gasteiger partial charge in [-0.3, -0.25) is 6.08 Å². The molecule has 0 saturated heterocycles. The van der Waals surface area contributed by atoms with E-state index in [9.17, 15) is 5.11 Å². The molecule has 0 aliphatic heterocycles. The van der Waals surface area contributed by atoms with E-state index in [1.54, 1.807) is 0 Å². The van der Waals surface area contributed by atoms with E-state index in [2.05, 4.69) is 53.7 Å². The van der Waals surface area contributed by atoms with Crippen LogP contribution in [0.1, 0.15) is 59.1 Å².